The van der Waals surface area contributed by atoms with Crippen LogP contribution in [0.1, 0.15) is 36.1 Å². The Balaban J connectivity index is 1.44. The number of amides is 1. The molecule has 8 heteroatoms. The lowest BCUT2D eigenvalue weighted by Gasteiger charge is -2.37. The average Bonchev–Trinajstić information content (AvgIpc) is 3.24. The van der Waals surface area contributed by atoms with E-state index in [0.29, 0.717) is 29.4 Å². The fourth-order valence-corrected chi connectivity index (χ4v) is 5.77. The highest BCUT2D eigenvalue weighted by Crippen LogP contribution is 2.45. The van der Waals surface area contributed by atoms with Gasteiger partial charge in [0.05, 0.1) is 30.8 Å². The largest absolute Gasteiger partial charge is 0.466 e. The molecule has 0 saturated heterocycles. The summed E-state index contributed by atoms with van der Waals surface area (Å²) in [5, 5.41) is 3.32. The quantitative estimate of drug-likeness (QED) is 0.557. The number of hydrogen-bond acceptors (Lipinski definition) is 6. The third kappa shape index (κ3) is 4.14. The number of rotatable bonds is 4. The topological polar surface area (TPSA) is 62.2 Å². The van der Waals surface area contributed by atoms with E-state index in [1.165, 1.54) is 30.0 Å². The number of methoxy groups -OCH3 is 1. The fourth-order valence-electron chi connectivity index (χ4n) is 4.68. The molecule has 0 N–H and O–H groups in total. The number of aliphatic imine (C=N–C) groups is 1. The summed E-state index contributed by atoms with van der Waals surface area (Å²) < 4.78 is 5.11. The normalized spacial score (nSPS) is 19.3. The number of allylic oxidation sites excluding steroid dienone is 1. The maximum absolute atomic E-state index is 13.4. The SMILES string of the molecule is COC(=O)C1=C(C)N=C2SC=C(CC(=O)N3CCc4ccccc4C3)N2C1c1ccc(Cl)cc1. The van der Waals surface area contributed by atoms with Gasteiger partial charge in [0.2, 0.25) is 5.91 Å². The molecule has 3 heterocycles. The highest BCUT2D eigenvalue weighted by molar-refractivity contribution is 8.16. The first kappa shape index (κ1) is 22.7. The molecule has 0 aliphatic carbocycles. The first-order valence-corrected chi connectivity index (χ1v) is 12.3. The number of hydrogen-bond donors (Lipinski definition) is 0. The van der Waals surface area contributed by atoms with E-state index in [9.17, 15) is 9.59 Å². The summed E-state index contributed by atoms with van der Waals surface area (Å²) in [6.07, 6.45) is 1.08. The van der Waals surface area contributed by atoms with Gasteiger partial charge in [0.15, 0.2) is 5.17 Å². The van der Waals surface area contributed by atoms with Gasteiger partial charge in [-0.05, 0) is 47.6 Å². The monoisotopic (exact) mass is 493 g/mol. The molecule has 0 radical (unpaired) electrons. The second-order valence-electron chi connectivity index (χ2n) is 8.45. The van der Waals surface area contributed by atoms with Crippen molar-refractivity contribution in [2.75, 3.05) is 13.7 Å². The van der Waals surface area contributed by atoms with Gasteiger partial charge in [-0.25, -0.2) is 9.79 Å². The van der Waals surface area contributed by atoms with Crippen LogP contribution in [0.4, 0.5) is 0 Å². The van der Waals surface area contributed by atoms with Crippen LogP contribution in [0.25, 0.3) is 0 Å². The van der Waals surface area contributed by atoms with E-state index in [1.807, 2.05) is 46.4 Å². The van der Waals surface area contributed by atoms with E-state index in [2.05, 4.69) is 17.1 Å². The van der Waals surface area contributed by atoms with Crippen LogP contribution >= 0.6 is 23.4 Å². The van der Waals surface area contributed by atoms with Crippen molar-refractivity contribution in [2.45, 2.75) is 32.4 Å². The molecule has 0 bridgehead atoms. The predicted molar refractivity (Wildman–Crippen MR) is 134 cm³/mol. The molecule has 1 atom stereocenters. The number of carbonyl (C=O) groups excluding carboxylic acids is 2. The van der Waals surface area contributed by atoms with Gasteiger partial charge in [-0.15, -0.1) is 0 Å². The number of esters is 1. The Bertz CT molecular complexity index is 1250. The Morgan fingerprint density at radius 1 is 1.15 bits per heavy atom. The zero-order valence-electron chi connectivity index (χ0n) is 19.0. The molecule has 3 aliphatic rings. The summed E-state index contributed by atoms with van der Waals surface area (Å²) in [5.74, 6) is -0.376. The lowest BCUT2D eigenvalue weighted by Crippen LogP contribution is -2.40. The second-order valence-corrected chi connectivity index (χ2v) is 9.72. The van der Waals surface area contributed by atoms with Crippen molar-refractivity contribution in [1.29, 1.82) is 0 Å². The summed E-state index contributed by atoms with van der Waals surface area (Å²) >= 11 is 7.60. The summed E-state index contributed by atoms with van der Waals surface area (Å²) in [5.41, 5.74) is 5.27. The number of benzene rings is 2. The van der Waals surface area contributed by atoms with Crippen LogP contribution in [-0.4, -0.2) is 40.5 Å². The van der Waals surface area contributed by atoms with E-state index >= 15 is 0 Å². The Morgan fingerprint density at radius 2 is 1.88 bits per heavy atom. The van der Waals surface area contributed by atoms with Crippen LogP contribution in [-0.2, 0) is 27.3 Å². The molecule has 5 rings (SSSR count). The van der Waals surface area contributed by atoms with Gasteiger partial charge < -0.3 is 14.5 Å². The minimum absolute atomic E-state index is 0.0587. The van der Waals surface area contributed by atoms with Gasteiger partial charge in [0.1, 0.15) is 0 Å². The average molecular weight is 494 g/mol. The molecule has 0 fully saturated rings. The van der Waals surface area contributed by atoms with Gasteiger partial charge in [-0.2, -0.15) is 0 Å². The molecule has 1 amide bonds. The molecular formula is C26H24ClN3O3S. The second kappa shape index (κ2) is 9.31. The maximum atomic E-state index is 13.4. The Morgan fingerprint density at radius 3 is 2.62 bits per heavy atom. The van der Waals surface area contributed by atoms with Crippen molar-refractivity contribution in [3.8, 4) is 0 Å². The molecule has 6 nitrogen and oxygen atoms in total. The van der Waals surface area contributed by atoms with Crippen LogP contribution in [0.5, 0.6) is 0 Å². The van der Waals surface area contributed by atoms with Crippen LogP contribution < -0.4 is 0 Å². The molecule has 0 spiro atoms. The number of carbonyl (C=O) groups is 2. The van der Waals surface area contributed by atoms with E-state index in [-0.39, 0.29) is 12.3 Å². The van der Waals surface area contributed by atoms with Crippen molar-refractivity contribution in [3.05, 3.63) is 92.6 Å². The van der Waals surface area contributed by atoms with Gasteiger partial charge in [0.25, 0.3) is 0 Å². The van der Waals surface area contributed by atoms with Crippen molar-refractivity contribution in [2.24, 2.45) is 4.99 Å². The summed E-state index contributed by atoms with van der Waals surface area (Å²) in [6.45, 7) is 3.13. The first-order valence-electron chi connectivity index (χ1n) is 11.1. The fraction of sp³-hybridized carbons (Fsp3) is 0.269. The standard InChI is InChI=1S/C26H24ClN3O3S/c1-16-23(25(32)33-2)24(18-7-9-20(27)10-8-18)30-21(15-34-26(30)28-16)13-22(31)29-12-11-17-5-3-4-6-19(17)14-29/h3-10,15,24H,11-14H2,1-2H3. The predicted octanol–water partition coefficient (Wildman–Crippen LogP) is 5.06. The summed E-state index contributed by atoms with van der Waals surface area (Å²) in [7, 11) is 1.37. The van der Waals surface area contributed by atoms with Gasteiger partial charge >= 0.3 is 5.97 Å². The number of thioether (sulfide) groups is 1. The Hall–Kier alpha value is -3.03. The minimum Gasteiger partial charge on any atom is -0.466 e. The number of fused-ring (bicyclic) bond motifs is 2. The molecule has 34 heavy (non-hydrogen) atoms. The maximum Gasteiger partial charge on any atom is 0.338 e. The number of ether oxygens (including phenoxy) is 1. The first-order chi connectivity index (χ1) is 16.5. The van der Waals surface area contributed by atoms with Crippen LogP contribution in [0.15, 0.2) is 75.9 Å². The lowest BCUT2D eigenvalue weighted by atomic mass is 9.94. The van der Waals surface area contributed by atoms with Crippen molar-refractivity contribution >= 4 is 40.4 Å². The molecule has 0 saturated carbocycles. The molecule has 0 aromatic heterocycles. The molecule has 1 unspecified atom stereocenters. The highest BCUT2D eigenvalue weighted by atomic mass is 35.5. The van der Waals surface area contributed by atoms with Crippen LogP contribution in [0.3, 0.4) is 0 Å². The molecule has 3 aliphatic heterocycles. The highest BCUT2D eigenvalue weighted by Gasteiger charge is 2.41. The van der Waals surface area contributed by atoms with E-state index < -0.39 is 12.0 Å². The zero-order chi connectivity index (χ0) is 23.8. The van der Waals surface area contributed by atoms with Crippen LogP contribution in [0, 0.1) is 0 Å². The molecule has 174 valence electrons. The third-order valence-corrected chi connectivity index (χ3v) is 7.55. The van der Waals surface area contributed by atoms with Gasteiger partial charge in [-0.3, -0.25) is 4.79 Å². The molecule has 2 aromatic rings. The van der Waals surface area contributed by atoms with E-state index in [1.54, 1.807) is 12.1 Å². The minimum atomic E-state index is -0.451. The smallest absolute Gasteiger partial charge is 0.338 e. The Kier molecular flexibility index (Phi) is 6.23. The number of amidine groups is 1. The summed E-state index contributed by atoms with van der Waals surface area (Å²) in [4.78, 5) is 34.7. The summed E-state index contributed by atoms with van der Waals surface area (Å²) in [6, 6.07) is 15.2. The number of nitrogens with zero attached hydrogens (tertiary/aromatic N) is 3. The van der Waals surface area contributed by atoms with Gasteiger partial charge in [-0.1, -0.05) is 59.8 Å². The Labute approximate surface area is 207 Å². The zero-order valence-corrected chi connectivity index (χ0v) is 20.5. The van der Waals surface area contributed by atoms with E-state index in [4.69, 9.17) is 16.3 Å². The van der Waals surface area contributed by atoms with Crippen molar-refractivity contribution < 1.29 is 14.3 Å². The lowest BCUT2D eigenvalue weighted by molar-refractivity contribution is -0.136. The number of halogens is 1. The third-order valence-electron chi connectivity index (χ3n) is 6.41. The molecular weight excluding hydrogens is 470 g/mol. The van der Waals surface area contributed by atoms with Crippen molar-refractivity contribution in [1.82, 2.24) is 9.80 Å². The van der Waals surface area contributed by atoms with Crippen molar-refractivity contribution in [3.63, 3.8) is 0 Å². The van der Waals surface area contributed by atoms with E-state index in [0.717, 1.165) is 22.8 Å². The van der Waals surface area contributed by atoms with Gasteiger partial charge in [0, 0.05) is 23.8 Å². The molecule has 2 aromatic carbocycles. The van der Waals surface area contributed by atoms with Crippen LogP contribution in [0.2, 0.25) is 5.02 Å².